The van der Waals surface area contributed by atoms with E-state index < -0.39 is 51.6 Å². The summed E-state index contributed by atoms with van der Waals surface area (Å²) in [5, 5.41) is 5.36. The van der Waals surface area contributed by atoms with Gasteiger partial charge in [-0.3, -0.25) is 10.1 Å². The van der Waals surface area contributed by atoms with Crippen molar-refractivity contribution in [1.29, 1.82) is 0 Å². The van der Waals surface area contributed by atoms with E-state index in [1.807, 2.05) is 0 Å². The third kappa shape index (κ3) is 7.17. The maximum Gasteiger partial charge on any atom is 0.435 e. The van der Waals surface area contributed by atoms with E-state index in [-0.39, 0.29) is 28.1 Å². The summed E-state index contributed by atoms with van der Waals surface area (Å²) < 4.78 is 122. The maximum absolute atomic E-state index is 14.4. The van der Waals surface area contributed by atoms with E-state index in [1.165, 1.54) is 25.3 Å². The van der Waals surface area contributed by atoms with Gasteiger partial charge < -0.3 is 10.1 Å². The summed E-state index contributed by atoms with van der Waals surface area (Å²) >= 11 is 0. The molecule has 2 N–H and O–H groups in total. The van der Waals surface area contributed by atoms with E-state index in [9.17, 15) is 43.9 Å². The third-order valence-electron chi connectivity index (χ3n) is 5.74. The minimum Gasteiger partial charge on any atom is -0.362 e. The molecule has 1 amide bonds. The third-order valence-corrected chi connectivity index (χ3v) is 6.85. The van der Waals surface area contributed by atoms with E-state index in [4.69, 9.17) is 4.74 Å². The number of hydrogen-bond acceptors (Lipinski definition) is 5. The Bertz CT molecular complexity index is 1310. The van der Waals surface area contributed by atoms with E-state index in [1.54, 1.807) is 13.0 Å². The van der Waals surface area contributed by atoms with Crippen LogP contribution in [0.5, 0.6) is 0 Å². The van der Waals surface area contributed by atoms with Gasteiger partial charge in [0.05, 0.1) is 5.75 Å². The van der Waals surface area contributed by atoms with Gasteiger partial charge in [0.15, 0.2) is 0 Å². The van der Waals surface area contributed by atoms with Gasteiger partial charge in [-0.15, -0.1) is 0 Å². The quantitative estimate of drug-likeness (QED) is 0.271. The Morgan fingerprint density at radius 2 is 1.67 bits per heavy atom. The van der Waals surface area contributed by atoms with Crippen LogP contribution in [0.2, 0.25) is 0 Å². The van der Waals surface area contributed by atoms with Gasteiger partial charge >= 0.3 is 18.0 Å². The molecule has 0 saturated carbocycles. The first kappa shape index (κ1) is 32.2. The number of carbonyl (C=O) groups excluding carboxylic acids is 1. The van der Waals surface area contributed by atoms with E-state index >= 15 is 0 Å². The number of anilines is 1. The Hall–Kier alpha value is -2.97. The molecule has 0 aromatic heterocycles. The molecule has 14 heteroatoms. The molecule has 0 saturated heterocycles. The Kier molecular flexibility index (Phi) is 9.62. The van der Waals surface area contributed by atoms with Gasteiger partial charge in [0.2, 0.25) is 0 Å². The van der Waals surface area contributed by atoms with Crippen LogP contribution in [0.15, 0.2) is 43.0 Å². The lowest BCUT2D eigenvalue weighted by atomic mass is 9.92. The van der Waals surface area contributed by atoms with E-state index in [2.05, 4.69) is 17.2 Å². The number of rotatable bonds is 10. The Morgan fingerprint density at radius 3 is 2.13 bits per heavy atom. The molecule has 0 radical (unpaired) electrons. The Balaban J connectivity index is 2.49. The highest BCUT2D eigenvalue weighted by Gasteiger charge is 2.73. The normalized spacial score (nSPS) is 14.5. The predicted molar refractivity (Wildman–Crippen MR) is 133 cm³/mol. The molecule has 0 heterocycles. The minimum atomic E-state index is -6.28. The summed E-state index contributed by atoms with van der Waals surface area (Å²) in [6.45, 7) is 6.38. The van der Waals surface area contributed by atoms with Gasteiger partial charge in [-0.25, -0.2) is 12.8 Å². The zero-order valence-electron chi connectivity index (χ0n) is 21.3. The summed E-state index contributed by atoms with van der Waals surface area (Å²) in [5.41, 5.74) is -7.06. The molecule has 0 aliphatic carbocycles. The highest BCUT2D eigenvalue weighted by atomic mass is 32.2. The van der Waals surface area contributed by atoms with Crippen molar-refractivity contribution < 1.29 is 48.7 Å². The minimum absolute atomic E-state index is 0.00722. The molecule has 2 rings (SSSR count). The Labute approximate surface area is 221 Å². The number of halogens is 7. The maximum atomic E-state index is 14.4. The number of sulfone groups is 1. The van der Waals surface area contributed by atoms with Crippen molar-refractivity contribution in [2.75, 3.05) is 24.4 Å². The molecule has 2 aromatic rings. The largest absolute Gasteiger partial charge is 0.435 e. The second-order valence-electron chi connectivity index (χ2n) is 8.93. The Morgan fingerprint density at radius 1 is 1.08 bits per heavy atom. The SMILES string of the molecule is C=Cc1cccc(C(=O)Nc2ccc(C(F)(C(F)(F)F)C(F)(F)F)cc2C)c1C(NC(C)CS(C)(=O)=O)OC. The van der Waals surface area contributed by atoms with Crippen LogP contribution in [0, 0.1) is 6.92 Å². The summed E-state index contributed by atoms with van der Waals surface area (Å²) in [5.74, 6) is -1.07. The molecule has 216 valence electrons. The van der Waals surface area contributed by atoms with Crippen molar-refractivity contribution in [1.82, 2.24) is 5.32 Å². The fourth-order valence-corrected chi connectivity index (χ4v) is 4.98. The fraction of sp³-hybridized carbons (Fsp3) is 0.400. The molecule has 0 aliphatic heterocycles. The molecular formula is C25H27F7N2O4S. The average Bonchev–Trinajstić information content (AvgIpc) is 2.80. The van der Waals surface area contributed by atoms with Crippen molar-refractivity contribution in [2.24, 2.45) is 0 Å². The van der Waals surface area contributed by atoms with Crippen LogP contribution in [-0.2, 0) is 20.2 Å². The summed E-state index contributed by atoms with van der Waals surface area (Å²) in [6.07, 6.45) is -11.1. The standard InChI is InChI=1S/C25H27F7N2O4S/c1-6-16-8-7-9-18(20(16)22(38-4)33-15(3)13-39(5,36)37)21(35)34-19-11-10-17(12-14(19)2)23(26,24(27,28)29)25(30,31)32/h6-12,15,22,33H,1,13H2,2-5H3,(H,34,35). The van der Waals surface area contributed by atoms with Gasteiger partial charge in [-0.05, 0) is 37.1 Å². The summed E-state index contributed by atoms with van der Waals surface area (Å²) in [6, 6.07) is 5.28. The molecule has 0 spiro atoms. The highest BCUT2D eigenvalue weighted by molar-refractivity contribution is 7.90. The number of methoxy groups -OCH3 is 1. The molecule has 2 unspecified atom stereocenters. The van der Waals surface area contributed by atoms with Crippen LogP contribution < -0.4 is 10.6 Å². The van der Waals surface area contributed by atoms with Gasteiger partial charge in [0, 0.05) is 41.8 Å². The number of nitrogens with one attached hydrogen (secondary N) is 2. The number of benzene rings is 2. The first-order valence-corrected chi connectivity index (χ1v) is 13.3. The molecule has 0 bridgehead atoms. The molecule has 0 aliphatic rings. The van der Waals surface area contributed by atoms with Crippen LogP contribution in [0.1, 0.15) is 45.8 Å². The van der Waals surface area contributed by atoms with Gasteiger partial charge in [0.1, 0.15) is 16.1 Å². The average molecular weight is 585 g/mol. The zero-order chi connectivity index (χ0) is 30.0. The number of carbonyl (C=O) groups is 1. The van der Waals surface area contributed by atoms with Gasteiger partial charge in [0.25, 0.3) is 5.91 Å². The fourth-order valence-electron chi connectivity index (χ4n) is 3.98. The molecule has 39 heavy (non-hydrogen) atoms. The van der Waals surface area contributed by atoms with Crippen LogP contribution in [0.3, 0.4) is 0 Å². The molecule has 0 fully saturated rings. The lowest BCUT2D eigenvalue weighted by molar-refractivity contribution is -0.348. The topological polar surface area (TPSA) is 84.5 Å². The smallest absolute Gasteiger partial charge is 0.362 e. The van der Waals surface area contributed by atoms with Crippen molar-refractivity contribution in [2.45, 2.75) is 44.1 Å². The summed E-state index contributed by atoms with van der Waals surface area (Å²) in [7, 11) is -2.06. The number of alkyl halides is 7. The van der Waals surface area contributed by atoms with Gasteiger partial charge in [-0.1, -0.05) is 36.9 Å². The first-order chi connectivity index (χ1) is 17.8. The van der Waals surface area contributed by atoms with Crippen molar-refractivity contribution in [3.05, 3.63) is 70.8 Å². The molecule has 6 nitrogen and oxygen atoms in total. The lowest BCUT2D eigenvalue weighted by Gasteiger charge is -2.30. The first-order valence-electron chi connectivity index (χ1n) is 11.2. The number of ether oxygens (including phenoxy) is 1. The second-order valence-corrected chi connectivity index (χ2v) is 11.1. The van der Waals surface area contributed by atoms with Gasteiger partial charge in [-0.2, -0.15) is 26.3 Å². The van der Waals surface area contributed by atoms with Crippen LogP contribution in [-0.4, -0.2) is 51.8 Å². The molecular weight excluding hydrogens is 557 g/mol. The molecule has 2 atom stereocenters. The zero-order valence-corrected chi connectivity index (χ0v) is 22.1. The van der Waals surface area contributed by atoms with Crippen LogP contribution in [0.25, 0.3) is 6.08 Å². The monoisotopic (exact) mass is 584 g/mol. The number of amides is 1. The van der Waals surface area contributed by atoms with Crippen LogP contribution >= 0.6 is 0 Å². The van der Waals surface area contributed by atoms with E-state index in [0.29, 0.717) is 17.7 Å². The summed E-state index contributed by atoms with van der Waals surface area (Å²) in [4.78, 5) is 13.2. The van der Waals surface area contributed by atoms with Crippen molar-refractivity contribution in [3.63, 3.8) is 0 Å². The highest BCUT2D eigenvalue weighted by Crippen LogP contribution is 2.53. The second kappa shape index (κ2) is 11.6. The van der Waals surface area contributed by atoms with Crippen molar-refractivity contribution in [3.8, 4) is 0 Å². The molecule has 2 aromatic carbocycles. The van der Waals surface area contributed by atoms with E-state index in [0.717, 1.165) is 19.2 Å². The van der Waals surface area contributed by atoms with Crippen molar-refractivity contribution >= 4 is 27.5 Å². The predicted octanol–water partition coefficient (Wildman–Crippen LogP) is 5.85. The van der Waals surface area contributed by atoms with Crippen LogP contribution in [0.4, 0.5) is 36.4 Å². The number of aryl methyl sites for hydroxylation is 1. The lowest BCUT2D eigenvalue weighted by Crippen LogP contribution is -2.50. The number of hydrogen-bond donors (Lipinski definition) is 2.